The van der Waals surface area contributed by atoms with Gasteiger partial charge in [-0.25, -0.2) is 17.6 Å². The molecule has 1 aliphatic heterocycles. The Labute approximate surface area is 130 Å². The maximum absolute atomic E-state index is 13.8. The van der Waals surface area contributed by atoms with Crippen molar-refractivity contribution in [3.63, 3.8) is 0 Å². The van der Waals surface area contributed by atoms with Crippen LogP contribution >= 0.6 is 15.9 Å². The first-order valence-corrected chi connectivity index (χ1v) is 8.37. The summed E-state index contributed by atoms with van der Waals surface area (Å²) < 4.78 is 44.9. The first-order valence-electron chi connectivity index (χ1n) is 6.14. The largest absolute Gasteiger partial charge is 0.453 e. The monoisotopic (exact) mass is 380 g/mol. The van der Waals surface area contributed by atoms with Crippen molar-refractivity contribution in [2.45, 2.75) is 4.90 Å². The Balaban J connectivity index is 2.17. The van der Waals surface area contributed by atoms with Crippen molar-refractivity contribution in [2.75, 3.05) is 33.3 Å². The van der Waals surface area contributed by atoms with E-state index in [4.69, 9.17) is 0 Å². The van der Waals surface area contributed by atoms with Crippen LogP contribution in [0.25, 0.3) is 0 Å². The summed E-state index contributed by atoms with van der Waals surface area (Å²) in [5.74, 6) is -0.806. The molecule has 1 amide bonds. The van der Waals surface area contributed by atoms with Crippen molar-refractivity contribution in [2.24, 2.45) is 0 Å². The van der Waals surface area contributed by atoms with Crippen LogP contribution in [0.5, 0.6) is 0 Å². The molecular weight excluding hydrogens is 367 g/mol. The average Bonchev–Trinajstić information content (AvgIpc) is 2.46. The molecule has 2 rings (SSSR count). The Hall–Kier alpha value is -1.19. The van der Waals surface area contributed by atoms with Crippen LogP contribution in [0.15, 0.2) is 27.6 Å². The second-order valence-corrected chi connectivity index (χ2v) is 7.26. The molecule has 21 heavy (non-hydrogen) atoms. The molecule has 1 heterocycles. The number of carbonyl (C=O) groups excluding carboxylic acids is 1. The van der Waals surface area contributed by atoms with E-state index in [0.29, 0.717) is 4.47 Å². The summed E-state index contributed by atoms with van der Waals surface area (Å²) in [6.45, 7) is 0.633. The van der Waals surface area contributed by atoms with Gasteiger partial charge < -0.3 is 9.64 Å². The van der Waals surface area contributed by atoms with Crippen LogP contribution in [0.1, 0.15) is 0 Å². The van der Waals surface area contributed by atoms with E-state index in [1.54, 1.807) is 0 Å². The number of carbonyl (C=O) groups is 1. The molecule has 0 spiro atoms. The third-order valence-corrected chi connectivity index (χ3v) is 5.61. The van der Waals surface area contributed by atoms with Crippen molar-refractivity contribution < 1.29 is 22.3 Å². The van der Waals surface area contributed by atoms with Gasteiger partial charge in [0.25, 0.3) is 0 Å². The molecule has 9 heteroatoms. The Bertz CT molecular complexity index is 645. The lowest BCUT2D eigenvalue weighted by Gasteiger charge is -2.33. The fraction of sp³-hybridized carbons (Fsp3) is 0.417. The lowest BCUT2D eigenvalue weighted by Crippen LogP contribution is -2.50. The zero-order valence-electron chi connectivity index (χ0n) is 11.3. The highest BCUT2D eigenvalue weighted by Crippen LogP contribution is 2.23. The molecule has 0 bridgehead atoms. The molecule has 1 saturated heterocycles. The highest BCUT2D eigenvalue weighted by Gasteiger charge is 2.32. The van der Waals surface area contributed by atoms with Gasteiger partial charge in [-0.1, -0.05) is 15.9 Å². The minimum absolute atomic E-state index is 0.104. The molecule has 0 N–H and O–H groups in total. The van der Waals surface area contributed by atoms with Crippen LogP contribution in [-0.4, -0.2) is 57.0 Å². The fourth-order valence-corrected chi connectivity index (χ4v) is 3.86. The number of ether oxygens (including phenoxy) is 1. The number of sulfonamides is 1. The van der Waals surface area contributed by atoms with E-state index in [-0.39, 0.29) is 31.1 Å². The molecular formula is C12H14BrFN2O4S. The SMILES string of the molecule is COC(=O)N1CCN(S(=O)(=O)c2ccc(Br)cc2F)CC1. The predicted octanol–water partition coefficient (Wildman–Crippen LogP) is 1.66. The Kier molecular flexibility index (Phi) is 4.84. The second kappa shape index (κ2) is 6.29. The summed E-state index contributed by atoms with van der Waals surface area (Å²) >= 11 is 3.08. The van der Waals surface area contributed by atoms with Gasteiger partial charge in [0, 0.05) is 30.7 Å². The molecule has 0 aliphatic carbocycles. The summed E-state index contributed by atoms with van der Waals surface area (Å²) in [5, 5.41) is 0. The predicted molar refractivity (Wildman–Crippen MR) is 76.8 cm³/mol. The zero-order valence-corrected chi connectivity index (χ0v) is 13.7. The maximum atomic E-state index is 13.8. The Morgan fingerprint density at radius 1 is 1.29 bits per heavy atom. The number of hydrogen-bond donors (Lipinski definition) is 0. The quantitative estimate of drug-likeness (QED) is 0.782. The summed E-state index contributed by atoms with van der Waals surface area (Å²) in [6, 6.07) is 3.81. The second-order valence-electron chi connectivity index (χ2n) is 4.44. The van der Waals surface area contributed by atoms with Crippen molar-refractivity contribution in [1.82, 2.24) is 9.21 Å². The van der Waals surface area contributed by atoms with Crippen LogP contribution < -0.4 is 0 Å². The fourth-order valence-electron chi connectivity index (χ4n) is 2.06. The summed E-state index contributed by atoms with van der Waals surface area (Å²) in [4.78, 5) is 12.4. The van der Waals surface area contributed by atoms with Gasteiger partial charge in [-0.2, -0.15) is 4.31 Å². The van der Waals surface area contributed by atoms with Gasteiger partial charge in [0.15, 0.2) is 0 Å². The van der Waals surface area contributed by atoms with Crippen LogP contribution in [0.2, 0.25) is 0 Å². The number of hydrogen-bond acceptors (Lipinski definition) is 4. The average molecular weight is 381 g/mol. The lowest BCUT2D eigenvalue weighted by atomic mass is 10.3. The third kappa shape index (κ3) is 3.35. The smallest absolute Gasteiger partial charge is 0.409 e. The van der Waals surface area contributed by atoms with E-state index in [1.807, 2.05) is 0 Å². The Morgan fingerprint density at radius 3 is 2.43 bits per heavy atom. The highest BCUT2D eigenvalue weighted by molar-refractivity contribution is 9.10. The number of rotatable bonds is 2. The zero-order chi connectivity index (χ0) is 15.6. The minimum atomic E-state index is -3.91. The summed E-state index contributed by atoms with van der Waals surface area (Å²) in [5.41, 5.74) is 0. The van der Waals surface area contributed by atoms with Gasteiger partial charge >= 0.3 is 6.09 Å². The van der Waals surface area contributed by atoms with Gasteiger partial charge in [-0.15, -0.1) is 0 Å². The molecule has 1 aromatic carbocycles. The number of methoxy groups -OCH3 is 1. The van der Waals surface area contributed by atoms with Gasteiger partial charge in [0.1, 0.15) is 10.7 Å². The first-order chi connectivity index (χ1) is 9.86. The van der Waals surface area contributed by atoms with E-state index in [2.05, 4.69) is 20.7 Å². The standard InChI is InChI=1S/C12H14BrFN2O4S/c1-20-12(17)15-4-6-16(7-5-15)21(18,19)11-3-2-9(13)8-10(11)14/h2-3,8H,4-7H2,1H3. The summed E-state index contributed by atoms with van der Waals surface area (Å²) in [7, 11) is -2.64. The summed E-state index contributed by atoms with van der Waals surface area (Å²) in [6.07, 6.45) is -0.498. The van der Waals surface area contributed by atoms with Crippen molar-refractivity contribution in [1.29, 1.82) is 0 Å². The molecule has 116 valence electrons. The Morgan fingerprint density at radius 2 is 1.90 bits per heavy atom. The molecule has 1 aromatic rings. The van der Waals surface area contributed by atoms with E-state index in [1.165, 1.54) is 28.4 Å². The molecule has 6 nitrogen and oxygen atoms in total. The molecule has 0 radical (unpaired) electrons. The first kappa shape index (κ1) is 16.2. The van der Waals surface area contributed by atoms with Crippen LogP contribution in [0.3, 0.4) is 0 Å². The van der Waals surface area contributed by atoms with Gasteiger partial charge in [0.05, 0.1) is 7.11 Å². The topological polar surface area (TPSA) is 66.9 Å². The van der Waals surface area contributed by atoms with E-state index < -0.39 is 21.9 Å². The number of halogens is 2. The maximum Gasteiger partial charge on any atom is 0.409 e. The number of benzene rings is 1. The number of piperazine rings is 1. The van der Waals surface area contributed by atoms with Crippen LogP contribution in [-0.2, 0) is 14.8 Å². The number of nitrogens with zero attached hydrogens (tertiary/aromatic N) is 2. The molecule has 0 aromatic heterocycles. The van der Waals surface area contributed by atoms with Crippen molar-refractivity contribution >= 4 is 32.0 Å². The van der Waals surface area contributed by atoms with Gasteiger partial charge in [-0.3, -0.25) is 0 Å². The molecule has 1 fully saturated rings. The molecule has 0 atom stereocenters. The molecule has 1 aliphatic rings. The van der Waals surface area contributed by atoms with Crippen molar-refractivity contribution in [3.8, 4) is 0 Å². The normalized spacial score (nSPS) is 16.8. The third-order valence-electron chi connectivity index (χ3n) is 3.18. The molecule has 0 saturated carbocycles. The van der Waals surface area contributed by atoms with Gasteiger partial charge in [-0.05, 0) is 18.2 Å². The van der Waals surface area contributed by atoms with E-state index in [0.717, 1.165) is 6.07 Å². The van der Waals surface area contributed by atoms with Crippen LogP contribution in [0, 0.1) is 5.82 Å². The lowest BCUT2D eigenvalue weighted by molar-refractivity contribution is 0.108. The van der Waals surface area contributed by atoms with E-state index in [9.17, 15) is 17.6 Å². The number of amides is 1. The van der Waals surface area contributed by atoms with Crippen molar-refractivity contribution in [3.05, 3.63) is 28.5 Å². The molecule has 0 unspecified atom stereocenters. The van der Waals surface area contributed by atoms with Gasteiger partial charge in [0.2, 0.25) is 10.0 Å². The van der Waals surface area contributed by atoms with E-state index >= 15 is 0 Å². The minimum Gasteiger partial charge on any atom is -0.453 e. The van der Waals surface area contributed by atoms with Crippen LogP contribution in [0.4, 0.5) is 9.18 Å². The highest BCUT2D eigenvalue weighted by atomic mass is 79.9.